The second-order valence-electron chi connectivity index (χ2n) is 6.65. The van der Waals surface area contributed by atoms with Crippen molar-refractivity contribution in [1.82, 2.24) is 15.4 Å². The molecule has 2 aliphatic heterocycles. The first kappa shape index (κ1) is 23.1. The van der Waals surface area contributed by atoms with E-state index in [1.165, 1.54) is 0 Å². The van der Waals surface area contributed by atoms with Gasteiger partial charge in [0.2, 0.25) is 5.91 Å². The number of aliphatic carboxylic acids is 1. The molecule has 3 rings (SSSR count). The first-order valence-corrected chi connectivity index (χ1v) is 9.89. The molecule has 4 N–H and O–H groups in total. The van der Waals surface area contributed by atoms with Gasteiger partial charge >= 0.3 is 17.9 Å². The molecule has 0 saturated carbocycles. The number of aromatic nitrogens is 1. The number of carboxylic acids is 2. The van der Waals surface area contributed by atoms with E-state index in [1.807, 2.05) is 0 Å². The predicted octanol–water partition coefficient (Wildman–Crippen LogP) is -1.10. The number of carbonyl (C=O) groups is 5. The third-order valence-corrected chi connectivity index (χ3v) is 6.06. The number of nitrogens with zero attached hydrogens (tertiary/aromatic N) is 2. The number of nitrogens with one attached hydrogen (secondary N) is 1. The molecule has 2 aliphatic rings. The van der Waals surface area contributed by atoms with Gasteiger partial charge in [0.05, 0.1) is 6.42 Å². The highest BCUT2D eigenvalue weighted by Gasteiger charge is 2.66. The number of rotatable bonds is 8. The number of carbonyl (C=O) groups excluding carboxylic acids is 3. The van der Waals surface area contributed by atoms with Gasteiger partial charge in [-0.3, -0.25) is 19.3 Å². The molecule has 0 aromatic carbocycles. The van der Waals surface area contributed by atoms with Crippen LogP contribution in [0.2, 0.25) is 0 Å². The summed E-state index contributed by atoms with van der Waals surface area (Å²) in [6, 6.07) is 0. The monoisotopic (exact) mass is 471 g/mol. The Morgan fingerprint density at radius 1 is 1.31 bits per heavy atom. The number of aromatic carboxylic acids is 1. The molecule has 3 heterocycles. The maximum atomic E-state index is 12.9. The van der Waals surface area contributed by atoms with Gasteiger partial charge in [-0.25, -0.2) is 9.59 Å². The largest absolute Gasteiger partial charge is 0.490 e. The average Bonchev–Trinajstić information content (AvgIpc) is 3.09. The van der Waals surface area contributed by atoms with E-state index in [9.17, 15) is 34.2 Å². The Morgan fingerprint density at radius 2 is 2.00 bits per heavy atom. The number of β-lactam (4-membered cyclic amide) rings is 1. The Bertz CT molecular complexity index is 1050. The fourth-order valence-electron chi connectivity index (χ4n) is 3.29. The van der Waals surface area contributed by atoms with Crippen LogP contribution in [0.4, 0.5) is 0 Å². The van der Waals surface area contributed by atoms with E-state index in [4.69, 9.17) is 14.6 Å². The fraction of sp³-hybridized carbons (Fsp3) is 0.412. The highest BCUT2D eigenvalue weighted by Crippen LogP contribution is 2.46. The lowest BCUT2D eigenvalue weighted by Crippen LogP contribution is -2.80. The molecule has 2 atom stereocenters. The normalized spacial score (nSPS) is 22.1. The van der Waals surface area contributed by atoms with Crippen LogP contribution in [0.3, 0.4) is 0 Å². The van der Waals surface area contributed by atoms with Crippen molar-refractivity contribution >= 4 is 41.5 Å². The lowest BCUT2D eigenvalue weighted by atomic mass is 9.97. The molecule has 1 aromatic heterocycles. The molecule has 0 spiro atoms. The van der Waals surface area contributed by atoms with Gasteiger partial charge in [0.1, 0.15) is 17.7 Å². The Morgan fingerprint density at radius 3 is 2.56 bits per heavy atom. The molecule has 1 fully saturated rings. The van der Waals surface area contributed by atoms with Crippen molar-refractivity contribution in [2.75, 3.05) is 19.5 Å². The number of aromatic hydroxyl groups is 1. The molecule has 15 heteroatoms. The summed E-state index contributed by atoms with van der Waals surface area (Å²) in [5.41, 5.74) is -2.82. The Labute approximate surface area is 183 Å². The molecule has 0 unspecified atom stereocenters. The molecule has 14 nitrogen and oxygen atoms in total. The summed E-state index contributed by atoms with van der Waals surface area (Å²) in [5.74, 6) is -6.69. The molecule has 32 heavy (non-hydrogen) atoms. The van der Waals surface area contributed by atoms with Crippen molar-refractivity contribution in [1.29, 1.82) is 0 Å². The zero-order valence-corrected chi connectivity index (χ0v) is 17.4. The molecule has 172 valence electrons. The van der Waals surface area contributed by atoms with Crippen LogP contribution in [0.5, 0.6) is 5.88 Å². The van der Waals surface area contributed by atoms with Crippen LogP contribution in [-0.4, -0.2) is 85.7 Å². The number of esters is 1. The van der Waals surface area contributed by atoms with E-state index in [2.05, 4.69) is 15.0 Å². The number of methoxy groups -OCH3 is 1. The van der Waals surface area contributed by atoms with E-state index in [-0.39, 0.29) is 23.6 Å². The van der Waals surface area contributed by atoms with Gasteiger partial charge in [-0.1, -0.05) is 0 Å². The molecule has 2 amide bonds. The SMILES string of the molecule is CO[C@@]1(NC(=O)Cc2onc(O)c2C(=O)O)C(=O)N2C(C(=O)O)=C(COC(C)=O)CS[C@H]21. The third-order valence-electron chi connectivity index (χ3n) is 4.69. The number of hydrogen-bond donors (Lipinski definition) is 4. The van der Waals surface area contributed by atoms with Gasteiger partial charge in [0.25, 0.3) is 17.5 Å². The fourth-order valence-corrected chi connectivity index (χ4v) is 4.71. The molecule has 0 bridgehead atoms. The van der Waals surface area contributed by atoms with Gasteiger partial charge in [0.15, 0.2) is 11.3 Å². The van der Waals surface area contributed by atoms with Crippen molar-refractivity contribution in [3.05, 3.63) is 22.6 Å². The van der Waals surface area contributed by atoms with Gasteiger partial charge in [0, 0.05) is 25.4 Å². The highest BCUT2D eigenvalue weighted by molar-refractivity contribution is 8.00. The Kier molecular flexibility index (Phi) is 6.13. The van der Waals surface area contributed by atoms with E-state index in [1.54, 1.807) is 0 Å². The van der Waals surface area contributed by atoms with Crippen LogP contribution in [-0.2, 0) is 35.1 Å². The highest BCUT2D eigenvalue weighted by atomic mass is 32.2. The van der Waals surface area contributed by atoms with Crippen LogP contribution in [0, 0.1) is 0 Å². The molecule has 0 aliphatic carbocycles. The Hall–Kier alpha value is -3.59. The second kappa shape index (κ2) is 8.51. The molecule has 1 aromatic rings. The van der Waals surface area contributed by atoms with Crippen molar-refractivity contribution in [2.45, 2.75) is 24.4 Å². The minimum atomic E-state index is -1.93. The maximum Gasteiger partial charge on any atom is 0.352 e. The lowest BCUT2D eigenvalue weighted by Gasteiger charge is -2.55. The topological polar surface area (TPSA) is 206 Å². The lowest BCUT2D eigenvalue weighted by molar-refractivity contribution is -0.192. The van der Waals surface area contributed by atoms with Crippen molar-refractivity contribution in [3.63, 3.8) is 0 Å². The van der Waals surface area contributed by atoms with Crippen LogP contribution in [0.15, 0.2) is 15.8 Å². The van der Waals surface area contributed by atoms with E-state index in [0.29, 0.717) is 0 Å². The van der Waals surface area contributed by atoms with E-state index >= 15 is 0 Å². The van der Waals surface area contributed by atoms with Crippen LogP contribution in [0.25, 0.3) is 0 Å². The van der Waals surface area contributed by atoms with Gasteiger partial charge in [-0.05, 0) is 5.16 Å². The average molecular weight is 471 g/mol. The zero-order chi connectivity index (χ0) is 23.8. The Balaban J connectivity index is 1.82. The minimum Gasteiger partial charge on any atom is -0.490 e. The van der Waals surface area contributed by atoms with Gasteiger partial charge < -0.3 is 34.6 Å². The number of ether oxygens (including phenoxy) is 2. The number of fused-ring (bicyclic) bond motifs is 1. The quantitative estimate of drug-likeness (QED) is 0.202. The van der Waals surface area contributed by atoms with Crippen molar-refractivity contribution in [3.8, 4) is 5.88 Å². The van der Waals surface area contributed by atoms with Crippen molar-refractivity contribution in [2.24, 2.45) is 0 Å². The van der Waals surface area contributed by atoms with Crippen LogP contribution < -0.4 is 5.32 Å². The number of amides is 2. The first-order valence-electron chi connectivity index (χ1n) is 8.84. The van der Waals surface area contributed by atoms with Gasteiger partial charge in [-0.15, -0.1) is 11.8 Å². The van der Waals surface area contributed by atoms with Crippen LogP contribution >= 0.6 is 11.8 Å². The molecular formula is C17H17N3O11S. The first-order chi connectivity index (χ1) is 15.0. The minimum absolute atomic E-state index is 0.0729. The predicted molar refractivity (Wildman–Crippen MR) is 101 cm³/mol. The smallest absolute Gasteiger partial charge is 0.352 e. The summed E-state index contributed by atoms with van der Waals surface area (Å²) >= 11 is 1.07. The summed E-state index contributed by atoms with van der Waals surface area (Å²) in [4.78, 5) is 60.4. The van der Waals surface area contributed by atoms with Crippen LogP contribution in [0.1, 0.15) is 23.0 Å². The molecule has 0 radical (unpaired) electrons. The van der Waals surface area contributed by atoms with Crippen molar-refractivity contribution < 1.29 is 53.3 Å². The maximum absolute atomic E-state index is 12.9. The summed E-state index contributed by atoms with van der Waals surface area (Å²) in [6.07, 6.45) is -0.690. The van der Waals surface area contributed by atoms with E-state index in [0.717, 1.165) is 30.7 Å². The zero-order valence-electron chi connectivity index (χ0n) is 16.6. The summed E-state index contributed by atoms with van der Waals surface area (Å²) in [5, 5.41) is 32.6. The number of thioether (sulfide) groups is 1. The summed E-state index contributed by atoms with van der Waals surface area (Å²) in [7, 11) is 1.14. The summed E-state index contributed by atoms with van der Waals surface area (Å²) in [6.45, 7) is 0.837. The molecule has 1 saturated heterocycles. The standard InChI is InChI=1S/C17H17N3O11S/c1-6(21)30-4-7-5-32-16-17(29-2,15(28)20(16)11(7)14(26)27)18-9(22)3-8-10(13(24)25)12(23)19-31-8/h16H,3-5H2,1-2H3,(H,18,22)(H,19,23)(H,24,25)(H,26,27)/t16-,17-/m0/s1. The summed E-state index contributed by atoms with van der Waals surface area (Å²) < 4.78 is 14.8. The van der Waals surface area contributed by atoms with Gasteiger partial charge in [-0.2, -0.15) is 0 Å². The number of carboxylic acid groups (broad SMARTS) is 2. The second-order valence-corrected chi connectivity index (χ2v) is 7.72. The van der Waals surface area contributed by atoms with E-state index < -0.39 is 64.4 Å². The number of hydrogen-bond acceptors (Lipinski definition) is 11. The molecular weight excluding hydrogens is 454 g/mol. The third kappa shape index (κ3) is 3.75.